The summed E-state index contributed by atoms with van der Waals surface area (Å²) in [4.78, 5) is 27.0. The number of piperazine rings is 1. The van der Waals surface area contributed by atoms with E-state index in [1.165, 1.54) is 12.1 Å². The molecule has 4 aromatic rings. The molecule has 33 heavy (non-hydrogen) atoms. The van der Waals surface area contributed by atoms with E-state index in [1.54, 1.807) is 48.0 Å². The summed E-state index contributed by atoms with van der Waals surface area (Å²) in [5.74, 6) is 1.82. The summed E-state index contributed by atoms with van der Waals surface area (Å²) in [6, 6.07) is 11.8. The molecule has 2 aromatic heterocycles. The van der Waals surface area contributed by atoms with Gasteiger partial charge < -0.3 is 19.3 Å². The predicted molar refractivity (Wildman–Crippen MR) is 123 cm³/mol. The molecule has 166 valence electrons. The van der Waals surface area contributed by atoms with Gasteiger partial charge in [0.05, 0.1) is 5.39 Å². The number of benzene rings is 2. The van der Waals surface area contributed by atoms with Crippen molar-refractivity contribution in [2.45, 2.75) is 0 Å². The van der Waals surface area contributed by atoms with Gasteiger partial charge in [0.2, 0.25) is 6.79 Å². The standard InChI is InChI=1S/C24H19FN4O3S/c25-17-4-1-15(2-5-17)18-12-33-23-21(18)22(26-13-27-23)28-7-9-29(10-8-28)24(30)16-3-6-19-20(11-16)32-14-31-19/h1-6,11-13H,7-10,14H2. The minimum Gasteiger partial charge on any atom is -0.454 e. The molecule has 0 aliphatic carbocycles. The smallest absolute Gasteiger partial charge is 0.254 e. The van der Waals surface area contributed by atoms with E-state index in [0.717, 1.165) is 27.2 Å². The molecule has 0 unspecified atom stereocenters. The van der Waals surface area contributed by atoms with Crippen molar-refractivity contribution in [1.82, 2.24) is 14.9 Å². The monoisotopic (exact) mass is 462 g/mol. The molecule has 0 radical (unpaired) electrons. The number of carbonyl (C=O) groups is 1. The Bertz CT molecular complexity index is 1350. The molecule has 9 heteroatoms. The minimum absolute atomic E-state index is 0.0247. The molecule has 6 rings (SSSR count). The Hall–Kier alpha value is -3.72. The number of aromatic nitrogens is 2. The number of anilines is 1. The first-order valence-corrected chi connectivity index (χ1v) is 11.5. The van der Waals surface area contributed by atoms with Crippen molar-refractivity contribution < 1.29 is 18.7 Å². The molecule has 0 atom stereocenters. The van der Waals surface area contributed by atoms with Gasteiger partial charge >= 0.3 is 0 Å². The molecule has 4 heterocycles. The van der Waals surface area contributed by atoms with Gasteiger partial charge in [-0.15, -0.1) is 11.3 Å². The quantitative estimate of drug-likeness (QED) is 0.455. The van der Waals surface area contributed by atoms with Crippen LogP contribution < -0.4 is 14.4 Å². The Morgan fingerprint density at radius 1 is 0.970 bits per heavy atom. The molecule has 0 N–H and O–H groups in total. The predicted octanol–water partition coefficient (Wildman–Crippen LogP) is 4.19. The maximum atomic E-state index is 13.4. The highest BCUT2D eigenvalue weighted by Gasteiger charge is 2.26. The van der Waals surface area contributed by atoms with Gasteiger partial charge in [0.1, 0.15) is 22.8 Å². The number of amides is 1. The van der Waals surface area contributed by atoms with E-state index in [0.29, 0.717) is 43.2 Å². The van der Waals surface area contributed by atoms with Crippen LogP contribution in [-0.4, -0.2) is 53.7 Å². The van der Waals surface area contributed by atoms with Crippen molar-refractivity contribution in [3.63, 3.8) is 0 Å². The van der Waals surface area contributed by atoms with Gasteiger partial charge in [0.25, 0.3) is 5.91 Å². The number of fused-ring (bicyclic) bond motifs is 2. The first-order valence-electron chi connectivity index (χ1n) is 10.6. The van der Waals surface area contributed by atoms with E-state index < -0.39 is 0 Å². The van der Waals surface area contributed by atoms with Crippen LogP contribution in [0.1, 0.15) is 10.4 Å². The summed E-state index contributed by atoms with van der Waals surface area (Å²) in [5, 5.41) is 3.00. The molecule has 0 saturated carbocycles. The van der Waals surface area contributed by atoms with Crippen molar-refractivity contribution in [3.8, 4) is 22.6 Å². The fourth-order valence-electron chi connectivity index (χ4n) is 4.27. The van der Waals surface area contributed by atoms with Gasteiger partial charge in [-0.2, -0.15) is 0 Å². The van der Waals surface area contributed by atoms with Crippen LogP contribution in [-0.2, 0) is 0 Å². The van der Waals surface area contributed by atoms with Crippen molar-refractivity contribution in [2.24, 2.45) is 0 Å². The van der Waals surface area contributed by atoms with E-state index in [-0.39, 0.29) is 18.5 Å². The van der Waals surface area contributed by atoms with Crippen LogP contribution in [0.3, 0.4) is 0 Å². The van der Waals surface area contributed by atoms with Crippen LogP contribution in [0.15, 0.2) is 54.2 Å². The average molecular weight is 463 g/mol. The fraction of sp³-hybridized carbons (Fsp3) is 0.208. The maximum Gasteiger partial charge on any atom is 0.254 e. The van der Waals surface area contributed by atoms with Crippen LogP contribution in [0, 0.1) is 5.82 Å². The number of nitrogens with zero attached hydrogens (tertiary/aromatic N) is 4. The Morgan fingerprint density at radius 3 is 2.58 bits per heavy atom. The van der Waals surface area contributed by atoms with Gasteiger partial charge in [-0.25, -0.2) is 14.4 Å². The lowest BCUT2D eigenvalue weighted by Gasteiger charge is -2.35. The van der Waals surface area contributed by atoms with Gasteiger partial charge in [-0.1, -0.05) is 12.1 Å². The fourth-order valence-corrected chi connectivity index (χ4v) is 5.18. The molecule has 2 aliphatic rings. The highest BCUT2D eigenvalue weighted by Crippen LogP contribution is 2.38. The molecule has 2 aliphatic heterocycles. The number of carbonyl (C=O) groups excluding carboxylic acids is 1. The summed E-state index contributed by atoms with van der Waals surface area (Å²) < 4.78 is 24.2. The van der Waals surface area contributed by atoms with Crippen molar-refractivity contribution in [3.05, 3.63) is 65.6 Å². The van der Waals surface area contributed by atoms with Crippen LogP contribution in [0.25, 0.3) is 21.3 Å². The topological polar surface area (TPSA) is 67.8 Å². The lowest BCUT2D eigenvalue weighted by atomic mass is 10.1. The van der Waals surface area contributed by atoms with Crippen LogP contribution in [0.4, 0.5) is 10.2 Å². The SMILES string of the molecule is O=C(c1ccc2c(c1)OCO2)N1CCN(c2ncnc3scc(-c4ccc(F)cc4)c23)CC1. The lowest BCUT2D eigenvalue weighted by molar-refractivity contribution is 0.0746. The molecule has 1 saturated heterocycles. The summed E-state index contributed by atoms with van der Waals surface area (Å²) >= 11 is 1.55. The molecule has 1 amide bonds. The number of thiophene rings is 1. The van der Waals surface area contributed by atoms with Crippen molar-refractivity contribution >= 4 is 33.3 Å². The number of ether oxygens (including phenoxy) is 2. The zero-order valence-electron chi connectivity index (χ0n) is 17.5. The summed E-state index contributed by atoms with van der Waals surface area (Å²) in [5.41, 5.74) is 2.51. The second kappa shape index (κ2) is 8.00. The van der Waals surface area contributed by atoms with E-state index in [9.17, 15) is 9.18 Å². The zero-order chi connectivity index (χ0) is 22.4. The third-order valence-corrected chi connectivity index (χ3v) is 6.88. The highest BCUT2D eigenvalue weighted by molar-refractivity contribution is 7.17. The molecule has 2 aromatic carbocycles. The van der Waals surface area contributed by atoms with E-state index >= 15 is 0 Å². The Labute approximate surface area is 193 Å². The Balaban J connectivity index is 1.24. The summed E-state index contributed by atoms with van der Waals surface area (Å²) in [6.45, 7) is 2.65. The summed E-state index contributed by atoms with van der Waals surface area (Å²) in [7, 11) is 0. The molecule has 7 nitrogen and oxygen atoms in total. The molecule has 0 bridgehead atoms. The third-order valence-electron chi connectivity index (χ3n) is 5.99. The summed E-state index contributed by atoms with van der Waals surface area (Å²) in [6.07, 6.45) is 1.58. The highest BCUT2D eigenvalue weighted by atomic mass is 32.1. The average Bonchev–Trinajstić information content (AvgIpc) is 3.51. The number of halogens is 1. The molecule has 0 spiro atoms. The van der Waals surface area contributed by atoms with Gasteiger partial charge in [0, 0.05) is 42.7 Å². The van der Waals surface area contributed by atoms with Gasteiger partial charge in [0.15, 0.2) is 11.5 Å². The number of hydrogen-bond donors (Lipinski definition) is 0. The minimum atomic E-state index is -0.266. The first-order chi connectivity index (χ1) is 16.2. The van der Waals surface area contributed by atoms with Gasteiger partial charge in [-0.3, -0.25) is 4.79 Å². The normalized spacial score (nSPS) is 15.3. The van der Waals surface area contributed by atoms with Crippen LogP contribution in [0.5, 0.6) is 11.5 Å². The number of rotatable bonds is 3. The third kappa shape index (κ3) is 3.54. The van der Waals surface area contributed by atoms with E-state index in [4.69, 9.17) is 9.47 Å². The second-order valence-electron chi connectivity index (χ2n) is 7.88. The Kier molecular flexibility index (Phi) is 4.83. The van der Waals surface area contributed by atoms with E-state index in [2.05, 4.69) is 14.9 Å². The maximum absolute atomic E-state index is 13.4. The first kappa shape index (κ1) is 19.9. The number of hydrogen-bond acceptors (Lipinski definition) is 7. The van der Waals surface area contributed by atoms with E-state index in [1.807, 2.05) is 10.3 Å². The molecular weight excluding hydrogens is 443 g/mol. The second-order valence-corrected chi connectivity index (χ2v) is 8.74. The molecular formula is C24H19FN4O3S. The lowest BCUT2D eigenvalue weighted by Crippen LogP contribution is -2.49. The van der Waals surface area contributed by atoms with Crippen LogP contribution >= 0.6 is 11.3 Å². The van der Waals surface area contributed by atoms with Crippen molar-refractivity contribution in [1.29, 1.82) is 0 Å². The Morgan fingerprint density at radius 2 is 1.76 bits per heavy atom. The molecule has 1 fully saturated rings. The van der Waals surface area contributed by atoms with Crippen molar-refractivity contribution in [2.75, 3.05) is 37.9 Å². The largest absolute Gasteiger partial charge is 0.454 e. The van der Waals surface area contributed by atoms with Gasteiger partial charge in [-0.05, 0) is 35.9 Å². The van der Waals surface area contributed by atoms with Crippen LogP contribution in [0.2, 0.25) is 0 Å². The zero-order valence-corrected chi connectivity index (χ0v) is 18.3.